The molecule has 0 radical (unpaired) electrons. The number of phenolic OH excluding ortho intramolecular Hbond substituents is 1. The van der Waals surface area contributed by atoms with Crippen LogP contribution in [0.25, 0.3) is 0 Å². The van der Waals surface area contributed by atoms with E-state index in [4.69, 9.17) is 9.47 Å². The first-order valence-corrected chi connectivity index (χ1v) is 14.1. The van der Waals surface area contributed by atoms with Crippen molar-refractivity contribution in [1.29, 1.82) is 0 Å². The molecule has 0 saturated heterocycles. The number of esters is 2. The number of phenols is 1. The van der Waals surface area contributed by atoms with E-state index in [-0.39, 0.29) is 62.2 Å². The fraction of sp³-hybridized carbons (Fsp3) is 0.516. The summed E-state index contributed by atoms with van der Waals surface area (Å²) in [5.74, 6) is -8.52. The van der Waals surface area contributed by atoms with Crippen molar-refractivity contribution in [3.8, 4) is 5.75 Å². The summed E-state index contributed by atoms with van der Waals surface area (Å²) in [6.07, 6.45) is 0.109. The summed E-state index contributed by atoms with van der Waals surface area (Å²) in [5.41, 5.74) is -2.54. The van der Waals surface area contributed by atoms with Gasteiger partial charge in [-0.25, -0.2) is 0 Å². The topological polar surface area (TPSA) is 185 Å². The minimum Gasteiger partial charge on any atom is -0.511 e. The van der Waals surface area contributed by atoms with Gasteiger partial charge >= 0.3 is 11.9 Å². The lowest BCUT2D eigenvalue weighted by molar-refractivity contribution is -0.152. The molecule has 4 N–H and O–H groups in total. The molecule has 0 bridgehead atoms. The summed E-state index contributed by atoms with van der Waals surface area (Å²) in [6.45, 7) is 6.37. The number of benzene rings is 1. The summed E-state index contributed by atoms with van der Waals surface area (Å²) >= 11 is 0. The number of ketones is 3. The van der Waals surface area contributed by atoms with E-state index < -0.39 is 75.7 Å². The van der Waals surface area contributed by atoms with Gasteiger partial charge in [0.1, 0.15) is 22.8 Å². The van der Waals surface area contributed by atoms with E-state index in [0.29, 0.717) is 11.1 Å². The molecule has 1 aromatic carbocycles. The van der Waals surface area contributed by atoms with Gasteiger partial charge in [0.15, 0.2) is 17.2 Å². The fourth-order valence-electron chi connectivity index (χ4n) is 6.58. The van der Waals surface area contributed by atoms with Crippen molar-refractivity contribution in [2.24, 2.45) is 23.7 Å². The number of allylic oxidation sites excluding steroid dienone is 2. The molecule has 0 heterocycles. The van der Waals surface area contributed by atoms with Gasteiger partial charge in [0.25, 0.3) is 0 Å². The van der Waals surface area contributed by atoms with E-state index in [1.807, 2.05) is 0 Å². The van der Waals surface area contributed by atoms with Gasteiger partial charge in [-0.1, -0.05) is 13.0 Å². The van der Waals surface area contributed by atoms with E-state index in [2.05, 4.69) is 0 Å². The molecular weight excluding hydrogens is 548 g/mol. The van der Waals surface area contributed by atoms with Crippen LogP contribution in [0.2, 0.25) is 0 Å². The standard InChI is InChI=1S/C31H36O11/c1-5-41-29(38)14(3)9-18(30(39)42-6-2)10-16-7-8-21(33)25-20(16)12-17-11-19-13-22(34)23(15(4)32)27(36)31(19,40)28(37)24(17)26(25)35/h7-8,14,17-19,33-34,37,40H,5-6,9-13H2,1-4H3/t14?,17-,18?,19+,31+/m1/s1. The lowest BCUT2D eigenvalue weighted by Gasteiger charge is -2.45. The Balaban J connectivity index is 1.75. The third-order valence-corrected chi connectivity index (χ3v) is 8.56. The predicted molar refractivity (Wildman–Crippen MR) is 147 cm³/mol. The van der Waals surface area contributed by atoms with Crippen LogP contribution in [0.1, 0.15) is 68.4 Å². The Hall–Kier alpha value is -3.99. The molecule has 0 spiro atoms. The van der Waals surface area contributed by atoms with Gasteiger partial charge in [-0.15, -0.1) is 0 Å². The molecule has 226 valence electrons. The first-order valence-electron chi connectivity index (χ1n) is 14.1. The Morgan fingerprint density at radius 2 is 1.67 bits per heavy atom. The molecule has 0 saturated carbocycles. The summed E-state index contributed by atoms with van der Waals surface area (Å²) < 4.78 is 10.4. The molecule has 3 aliphatic rings. The average molecular weight is 585 g/mol. The Bertz CT molecular complexity index is 1420. The van der Waals surface area contributed by atoms with Crippen LogP contribution in [0, 0.1) is 23.7 Å². The highest BCUT2D eigenvalue weighted by molar-refractivity contribution is 6.25. The van der Waals surface area contributed by atoms with Crippen molar-refractivity contribution in [2.75, 3.05) is 13.2 Å². The van der Waals surface area contributed by atoms with Gasteiger partial charge in [0.05, 0.1) is 30.6 Å². The van der Waals surface area contributed by atoms with E-state index in [1.54, 1.807) is 26.8 Å². The molecule has 0 amide bonds. The Morgan fingerprint density at radius 3 is 2.29 bits per heavy atom. The first kappa shape index (κ1) is 31.0. The largest absolute Gasteiger partial charge is 0.511 e. The van der Waals surface area contributed by atoms with Crippen molar-refractivity contribution in [3.05, 3.63) is 51.5 Å². The second-order valence-electron chi connectivity index (χ2n) is 11.2. The van der Waals surface area contributed by atoms with Crippen molar-refractivity contribution < 1.29 is 53.9 Å². The maximum atomic E-state index is 13.8. The zero-order valence-electron chi connectivity index (χ0n) is 24.1. The number of fused-ring (bicyclic) bond motifs is 3. The van der Waals surface area contributed by atoms with E-state index in [9.17, 15) is 44.4 Å². The van der Waals surface area contributed by atoms with Gasteiger partial charge in [0.2, 0.25) is 5.78 Å². The highest BCUT2D eigenvalue weighted by Crippen LogP contribution is 2.51. The van der Waals surface area contributed by atoms with Gasteiger partial charge in [-0.2, -0.15) is 0 Å². The molecule has 11 nitrogen and oxygen atoms in total. The van der Waals surface area contributed by atoms with Crippen molar-refractivity contribution in [2.45, 2.75) is 65.4 Å². The van der Waals surface area contributed by atoms with Crippen LogP contribution in [-0.4, -0.2) is 68.5 Å². The normalized spacial score (nSPS) is 24.8. The second kappa shape index (κ2) is 11.7. The minimum atomic E-state index is -2.57. The number of rotatable bonds is 9. The van der Waals surface area contributed by atoms with Gasteiger partial charge < -0.3 is 29.9 Å². The van der Waals surface area contributed by atoms with E-state index in [1.165, 1.54) is 6.07 Å². The molecule has 0 aromatic heterocycles. The number of aliphatic hydroxyl groups excluding tert-OH is 2. The highest BCUT2D eigenvalue weighted by Gasteiger charge is 2.59. The van der Waals surface area contributed by atoms with Crippen LogP contribution in [-0.2, 0) is 41.5 Å². The summed E-state index contributed by atoms with van der Waals surface area (Å²) in [5, 5.41) is 43.8. The van der Waals surface area contributed by atoms with Crippen LogP contribution in [0.4, 0.5) is 0 Å². The molecule has 2 unspecified atom stereocenters. The monoisotopic (exact) mass is 584 g/mol. The van der Waals surface area contributed by atoms with Crippen LogP contribution >= 0.6 is 0 Å². The third-order valence-electron chi connectivity index (χ3n) is 8.56. The highest BCUT2D eigenvalue weighted by atomic mass is 16.5. The van der Waals surface area contributed by atoms with E-state index >= 15 is 0 Å². The summed E-state index contributed by atoms with van der Waals surface area (Å²) in [7, 11) is 0. The molecule has 4 rings (SSSR count). The number of carbonyl (C=O) groups excluding carboxylic acids is 5. The number of hydrogen-bond acceptors (Lipinski definition) is 11. The molecule has 5 atom stereocenters. The van der Waals surface area contributed by atoms with Crippen molar-refractivity contribution in [1.82, 2.24) is 0 Å². The SMILES string of the molecule is CCOC(=O)C(C)CC(Cc1ccc(O)c2c1C[C@H]1C[C@H]3CC(O)=C(C(C)=O)C(=O)[C@]3(O)C(O)=C1C2=O)C(=O)OCC. The molecule has 1 aromatic rings. The maximum absolute atomic E-state index is 13.8. The van der Waals surface area contributed by atoms with E-state index in [0.717, 1.165) is 6.92 Å². The molecule has 11 heteroatoms. The Morgan fingerprint density at radius 1 is 1.02 bits per heavy atom. The minimum absolute atomic E-state index is 0.0261. The average Bonchev–Trinajstić information content (AvgIpc) is 2.91. The number of hydrogen-bond donors (Lipinski definition) is 4. The lowest BCUT2D eigenvalue weighted by atomic mass is 9.60. The van der Waals surface area contributed by atoms with Crippen molar-refractivity contribution in [3.63, 3.8) is 0 Å². The Kier molecular flexibility index (Phi) is 8.63. The number of Topliss-reactive ketones (excluding diaryl/α,β-unsaturated/α-hetero) is 3. The maximum Gasteiger partial charge on any atom is 0.309 e. The molecule has 42 heavy (non-hydrogen) atoms. The summed E-state index contributed by atoms with van der Waals surface area (Å²) in [4.78, 5) is 64.3. The number of aliphatic hydroxyl groups is 3. The van der Waals surface area contributed by atoms with Crippen LogP contribution in [0.15, 0.2) is 34.8 Å². The van der Waals surface area contributed by atoms with Gasteiger partial charge in [-0.3, -0.25) is 24.0 Å². The second-order valence-corrected chi connectivity index (χ2v) is 11.2. The molecule has 0 aliphatic heterocycles. The number of carbonyl (C=O) groups is 5. The van der Waals surface area contributed by atoms with Crippen LogP contribution < -0.4 is 0 Å². The fourth-order valence-corrected chi connectivity index (χ4v) is 6.58. The number of ether oxygens (including phenoxy) is 2. The first-order chi connectivity index (χ1) is 19.8. The van der Waals surface area contributed by atoms with Crippen LogP contribution in [0.5, 0.6) is 5.75 Å². The smallest absolute Gasteiger partial charge is 0.309 e. The quantitative estimate of drug-likeness (QED) is 0.247. The van der Waals surface area contributed by atoms with Crippen LogP contribution in [0.3, 0.4) is 0 Å². The zero-order valence-corrected chi connectivity index (χ0v) is 24.1. The summed E-state index contributed by atoms with van der Waals surface area (Å²) in [6, 6.07) is 2.88. The Labute approximate surface area is 242 Å². The molecule has 0 fully saturated rings. The predicted octanol–water partition coefficient (Wildman–Crippen LogP) is 3.00. The lowest BCUT2D eigenvalue weighted by Crippen LogP contribution is -2.56. The van der Waals surface area contributed by atoms with Gasteiger partial charge in [0, 0.05) is 17.9 Å². The zero-order chi connectivity index (χ0) is 31.1. The van der Waals surface area contributed by atoms with Gasteiger partial charge in [-0.05, 0) is 69.6 Å². The molecular formula is C31H36O11. The molecule has 3 aliphatic carbocycles. The number of aromatic hydroxyl groups is 1. The van der Waals surface area contributed by atoms with Crippen molar-refractivity contribution >= 4 is 29.3 Å². The third kappa shape index (κ3) is 5.10.